The van der Waals surface area contributed by atoms with Gasteiger partial charge in [-0.25, -0.2) is 9.97 Å². The molecule has 106 valence electrons. The number of nitrogens with two attached hydrogens (primary N) is 1. The van der Waals surface area contributed by atoms with E-state index in [9.17, 15) is 0 Å². The van der Waals surface area contributed by atoms with E-state index < -0.39 is 0 Å². The molecule has 0 atom stereocenters. The average molecular weight is 296 g/mol. The van der Waals surface area contributed by atoms with Crippen LogP contribution >= 0.6 is 11.8 Å². The minimum atomic E-state index is 0.515. The number of thioether (sulfide) groups is 1. The summed E-state index contributed by atoms with van der Waals surface area (Å²) >= 11 is 1.58. The van der Waals surface area contributed by atoms with E-state index in [1.807, 2.05) is 31.3 Å². The number of hydrogen-bond donors (Lipinski definition) is 1. The molecule has 1 aliphatic rings. The monoisotopic (exact) mass is 296 g/mol. The van der Waals surface area contributed by atoms with Crippen LogP contribution < -0.4 is 5.73 Å². The molecule has 2 heterocycles. The minimum Gasteiger partial charge on any atom is -0.384 e. The van der Waals surface area contributed by atoms with Crippen LogP contribution in [0.1, 0.15) is 17.7 Å². The molecule has 0 unspecified atom stereocenters. The highest BCUT2D eigenvalue weighted by atomic mass is 32.2. The number of aryl methyl sites for hydroxylation is 1. The zero-order valence-electron chi connectivity index (χ0n) is 11.8. The van der Waals surface area contributed by atoms with Crippen LogP contribution in [0.25, 0.3) is 5.57 Å². The van der Waals surface area contributed by atoms with E-state index in [0.29, 0.717) is 11.0 Å². The maximum Gasteiger partial charge on any atom is 0.190 e. The lowest BCUT2D eigenvalue weighted by molar-refractivity contribution is 0.942. The van der Waals surface area contributed by atoms with Gasteiger partial charge in [0, 0.05) is 35.8 Å². The third-order valence-electron chi connectivity index (χ3n) is 3.16. The lowest BCUT2D eigenvalue weighted by Gasteiger charge is -2.04. The maximum atomic E-state index is 5.74. The quantitative estimate of drug-likeness (QED) is 0.694. The normalized spacial score (nSPS) is 14.0. The largest absolute Gasteiger partial charge is 0.384 e. The zero-order chi connectivity index (χ0) is 14.7. The van der Waals surface area contributed by atoms with Gasteiger partial charge in [-0.3, -0.25) is 4.99 Å². The first kappa shape index (κ1) is 13.8. The molecule has 1 aromatic carbocycles. The predicted octanol–water partition coefficient (Wildman–Crippen LogP) is 3.35. The van der Waals surface area contributed by atoms with Crippen molar-refractivity contribution in [3.63, 3.8) is 0 Å². The lowest BCUT2D eigenvalue weighted by Crippen LogP contribution is -2.02. The fourth-order valence-corrected chi connectivity index (χ4v) is 3.03. The second-order valence-corrected chi connectivity index (χ2v) is 5.84. The molecule has 1 aromatic heterocycles. The summed E-state index contributed by atoms with van der Waals surface area (Å²) in [5, 5.41) is 0.711. The summed E-state index contributed by atoms with van der Waals surface area (Å²) in [6.45, 7) is 1.92. The van der Waals surface area contributed by atoms with Gasteiger partial charge >= 0.3 is 0 Å². The van der Waals surface area contributed by atoms with E-state index in [1.54, 1.807) is 17.8 Å². The molecule has 0 spiro atoms. The molecule has 0 radical (unpaired) electrons. The third-order valence-corrected chi connectivity index (χ3v) is 4.08. The molecular formula is C16H16N4S. The number of aliphatic imine (C=N–C) groups is 1. The summed E-state index contributed by atoms with van der Waals surface area (Å²) in [7, 11) is 0. The van der Waals surface area contributed by atoms with Crippen LogP contribution in [0.4, 0.5) is 5.82 Å². The van der Waals surface area contributed by atoms with Crippen LogP contribution in [-0.4, -0.2) is 21.4 Å². The molecule has 3 rings (SSSR count). The Morgan fingerprint density at radius 2 is 2.00 bits per heavy atom. The summed E-state index contributed by atoms with van der Waals surface area (Å²) in [6, 6.07) is 12.1. The molecule has 4 nitrogen and oxygen atoms in total. The van der Waals surface area contributed by atoms with Crippen LogP contribution in [0.3, 0.4) is 0 Å². The highest BCUT2D eigenvalue weighted by Gasteiger charge is 2.13. The molecule has 0 bridgehead atoms. The van der Waals surface area contributed by atoms with Crippen molar-refractivity contribution in [3.05, 3.63) is 53.9 Å². The van der Waals surface area contributed by atoms with Gasteiger partial charge in [0.15, 0.2) is 5.16 Å². The van der Waals surface area contributed by atoms with Gasteiger partial charge in [0.25, 0.3) is 0 Å². The van der Waals surface area contributed by atoms with Gasteiger partial charge < -0.3 is 5.73 Å². The van der Waals surface area contributed by atoms with Crippen molar-refractivity contribution in [1.29, 1.82) is 0 Å². The summed E-state index contributed by atoms with van der Waals surface area (Å²) in [4.78, 5) is 13.1. The third kappa shape index (κ3) is 3.49. The van der Waals surface area contributed by atoms with Crippen LogP contribution in [0.15, 0.2) is 52.7 Å². The summed E-state index contributed by atoms with van der Waals surface area (Å²) < 4.78 is 0. The molecule has 0 saturated heterocycles. The molecule has 2 aromatic rings. The van der Waals surface area contributed by atoms with E-state index in [1.165, 1.54) is 11.1 Å². The highest BCUT2D eigenvalue weighted by molar-refractivity contribution is 7.99. The van der Waals surface area contributed by atoms with Crippen LogP contribution in [0.5, 0.6) is 0 Å². The number of rotatable bonds is 4. The van der Waals surface area contributed by atoms with Crippen molar-refractivity contribution in [3.8, 4) is 0 Å². The van der Waals surface area contributed by atoms with Crippen LogP contribution in [0, 0.1) is 6.92 Å². The van der Waals surface area contributed by atoms with Crippen molar-refractivity contribution in [2.24, 2.45) is 4.99 Å². The Balaban J connectivity index is 1.59. The Labute approximate surface area is 128 Å². The summed E-state index contributed by atoms with van der Waals surface area (Å²) in [6.07, 6.45) is 2.84. The second kappa shape index (κ2) is 6.10. The summed E-state index contributed by atoms with van der Waals surface area (Å²) in [5.41, 5.74) is 10.3. The van der Waals surface area contributed by atoms with Gasteiger partial charge in [-0.1, -0.05) is 42.1 Å². The first-order valence-corrected chi connectivity index (χ1v) is 7.73. The van der Waals surface area contributed by atoms with Gasteiger partial charge in [0.05, 0.1) is 0 Å². The smallest absolute Gasteiger partial charge is 0.190 e. The van der Waals surface area contributed by atoms with Crippen molar-refractivity contribution in [2.75, 3.05) is 11.5 Å². The molecule has 2 N–H and O–H groups in total. The second-order valence-electron chi connectivity index (χ2n) is 4.90. The van der Waals surface area contributed by atoms with Crippen molar-refractivity contribution in [1.82, 2.24) is 9.97 Å². The van der Waals surface area contributed by atoms with Gasteiger partial charge in [-0.05, 0) is 18.1 Å². The average Bonchev–Trinajstić information content (AvgIpc) is 2.94. The molecule has 1 aliphatic heterocycles. The Kier molecular flexibility index (Phi) is 4.01. The Bertz CT molecular complexity index is 687. The number of nitrogens with zero attached hydrogens (tertiary/aromatic N) is 3. The van der Waals surface area contributed by atoms with E-state index >= 15 is 0 Å². The van der Waals surface area contributed by atoms with Crippen molar-refractivity contribution < 1.29 is 0 Å². The fourth-order valence-electron chi connectivity index (χ4n) is 2.17. The molecule has 0 amide bonds. The van der Waals surface area contributed by atoms with Gasteiger partial charge in [-0.2, -0.15) is 0 Å². The van der Waals surface area contributed by atoms with Gasteiger partial charge in [0.2, 0.25) is 0 Å². The molecule has 0 aliphatic carbocycles. The maximum absolute atomic E-state index is 5.74. The molecule has 0 fully saturated rings. The Morgan fingerprint density at radius 3 is 2.76 bits per heavy atom. The van der Waals surface area contributed by atoms with Crippen LogP contribution in [0.2, 0.25) is 0 Å². The number of hydrogen-bond acceptors (Lipinski definition) is 5. The van der Waals surface area contributed by atoms with Gasteiger partial charge in [-0.15, -0.1) is 0 Å². The van der Waals surface area contributed by atoms with Crippen LogP contribution in [-0.2, 0) is 0 Å². The van der Waals surface area contributed by atoms with E-state index in [4.69, 9.17) is 5.73 Å². The van der Waals surface area contributed by atoms with Gasteiger partial charge in [0.1, 0.15) is 5.82 Å². The Hall–Kier alpha value is -2.14. The number of nitrogen functional groups attached to an aromatic ring is 1. The van der Waals surface area contributed by atoms with Crippen molar-refractivity contribution in [2.45, 2.75) is 18.5 Å². The SMILES string of the molecule is Cc1cc(N)nc(SCC2=NC=C(c3ccccc3)C2)n1. The Morgan fingerprint density at radius 1 is 1.19 bits per heavy atom. The first-order chi connectivity index (χ1) is 10.2. The summed E-state index contributed by atoms with van der Waals surface area (Å²) in [5.74, 6) is 1.30. The molecule has 5 heteroatoms. The topological polar surface area (TPSA) is 64.2 Å². The van der Waals surface area contributed by atoms with E-state index in [-0.39, 0.29) is 0 Å². The number of allylic oxidation sites excluding steroid dienone is 1. The number of aromatic nitrogens is 2. The van der Waals surface area contributed by atoms with Crippen molar-refractivity contribution >= 4 is 28.9 Å². The highest BCUT2D eigenvalue weighted by Crippen LogP contribution is 2.26. The number of benzene rings is 1. The standard InChI is InChI=1S/C16H16N4S/c1-11-7-15(17)20-16(19-11)21-10-14-8-13(9-18-14)12-5-3-2-4-6-12/h2-7,9H,8,10H2,1H3,(H2,17,19,20). The predicted molar refractivity (Wildman–Crippen MR) is 88.4 cm³/mol. The zero-order valence-corrected chi connectivity index (χ0v) is 12.6. The lowest BCUT2D eigenvalue weighted by atomic mass is 10.0. The first-order valence-electron chi connectivity index (χ1n) is 6.75. The minimum absolute atomic E-state index is 0.515. The number of anilines is 1. The van der Waals surface area contributed by atoms with E-state index in [0.717, 1.165) is 23.6 Å². The molecule has 21 heavy (non-hydrogen) atoms. The fraction of sp³-hybridized carbons (Fsp3) is 0.188. The molecular weight excluding hydrogens is 280 g/mol. The molecule has 0 saturated carbocycles. The van der Waals surface area contributed by atoms with E-state index in [2.05, 4.69) is 27.1 Å².